The fourth-order valence-corrected chi connectivity index (χ4v) is 4.11. The van der Waals surface area contributed by atoms with Crippen molar-refractivity contribution in [3.63, 3.8) is 0 Å². The van der Waals surface area contributed by atoms with Crippen LogP contribution in [-0.2, 0) is 4.74 Å². The van der Waals surface area contributed by atoms with Gasteiger partial charge in [0.2, 0.25) is 5.90 Å². The minimum absolute atomic E-state index is 0.144. The van der Waals surface area contributed by atoms with Crippen molar-refractivity contribution >= 4 is 5.90 Å². The summed E-state index contributed by atoms with van der Waals surface area (Å²) in [6.07, 6.45) is 5.59. The predicted molar refractivity (Wildman–Crippen MR) is 130 cm³/mol. The van der Waals surface area contributed by atoms with Crippen LogP contribution in [0.3, 0.4) is 0 Å². The van der Waals surface area contributed by atoms with Crippen LogP contribution >= 0.6 is 0 Å². The van der Waals surface area contributed by atoms with E-state index in [4.69, 9.17) is 10.00 Å². The molecule has 1 unspecified atom stereocenters. The highest BCUT2D eigenvalue weighted by molar-refractivity contribution is 5.98. The van der Waals surface area contributed by atoms with E-state index in [1.807, 2.05) is 52.0 Å². The van der Waals surface area contributed by atoms with E-state index in [2.05, 4.69) is 36.0 Å². The van der Waals surface area contributed by atoms with Crippen LogP contribution in [0.2, 0.25) is 0 Å². The zero-order chi connectivity index (χ0) is 23.7. The highest BCUT2D eigenvalue weighted by Gasteiger charge is 2.34. The van der Waals surface area contributed by atoms with Crippen molar-refractivity contribution in [3.05, 3.63) is 81.9 Å². The third kappa shape index (κ3) is 5.56. The Morgan fingerprint density at radius 3 is 2.53 bits per heavy atom. The third-order valence-corrected chi connectivity index (χ3v) is 5.47. The van der Waals surface area contributed by atoms with Crippen LogP contribution in [0, 0.1) is 29.6 Å². The van der Waals surface area contributed by atoms with Crippen molar-refractivity contribution in [1.82, 2.24) is 5.32 Å². The van der Waals surface area contributed by atoms with Gasteiger partial charge in [0.05, 0.1) is 24.3 Å². The number of aryl methyl sites for hydroxylation is 1. The molecule has 0 radical (unpaired) electrons. The van der Waals surface area contributed by atoms with E-state index in [0.29, 0.717) is 24.5 Å². The Morgan fingerprint density at radius 2 is 1.94 bits per heavy atom. The fourth-order valence-electron chi connectivity index (χ4n) is 4.11. The molecule has 1 aromatic rings. The van der Waals surface area contributed by atoms with E-state index < -0.39 is 0 Å². The van der Waals surface area contributed by atoms with Crippen molar-refractivity contribution < 1.29 is 4.74 Å². The molecule has 0 saturated carbocycles. The van der Waals surface area contributed by atoms with Crippen LogP contribution in [0.1, 0.15) is 69.6 Å². The van der Waals surface area contributed by atoms with E-state index in [9.17, 15) is 5.26 Å². The largest absolute Gasteiger partial charge is 0.478 e. The number of rotatable bonds is 8. The van der Waals surface area contributed by atoms with Gasteiger partial charge in [-0.25, -0.2) is 4.99 Å². The number of ether oxygens (including phenoxy) is 1. The first-order valence-corrected chi connectivity index (χ1v) is 11.0. The summed E-state index contributed by atoms with van der Waals surface area (Å²) in [6, 6.07) is 10.2. The van der Waals surface area contributed by atoms with Crippen molar-refractivity contribution in [3.8, 4) is 12.1 Å². The third-order valence-electron chi connectivity index (χ3n) is 5.47. The summed E-state index contributed by atoms with van der Waals surface area (Å²) in [7, 11) is 0. The number of hydrogen-bond donors (Lipinski definition) is 1. The Kier molecular flexibility index (Phi) is 9.05. The quantitative estimate of drug-likeness (QED) is 0.298. The van der Waals surface area contributed by atoms with Crippen LogP contribution in [0.25, 0.3) is 0 Å². The van der Waals surface area contributed by atoms with Crippen molar-refractivity contribution in [1.29, 1.82) is 10.5 Å². The average Bonchev–Trinajstić information content (AvgIpc) is 2.76. The van der Waals surface area contributed by atoms with E-state index in [1.54, 1.807) is 6.20 Å². The molecule has 0 spiro atoms. The Hall–Kier alpha value is -3.57. The second kappa shape index (κ2) is 11.7. The first-order valence-electron chi connectivity index (χ1n) is 11.0. The van der Waals surface area contributed by atoms with Gasteiger partial charge in [0, 0.05) is 35.5 Å². The van der Waals surface area contributed by atoms with Gasteiger partial charge in [0.1, 0.15) is 0 Å². The normalized spacial score (nSPS) is 16.6. The second-order valence-electron chi connectivity index (χ2n) is 7.78. The number of unbranched alkanes of at least 4 members (excludes halogenated alkanes) is 1. The summed E-state index contributed by atoms with van der Waals surface area (Å²) in [4.78, 5) is 4.61. The number of aliphatic imine (C=N–C) groups is 1. The van der Waals surface area contributed by atoms with Gasteiger partial charge in [-0.3, -0.25) is 0 Å². The molecular weight excluding hydrogens is 396 g/mol. The zero-order valence-electron chi connectivity index (χ0n) is 19.7. The number of dihydropyridines is 1. The molecule has 0 aliphatic carbocycles. The van der Waals surface area contributed by atoms with Crippen molar-refractivity contribution in [2.45, 2.75) is 59.8 Å². The number of benzene rings is 1. The first kappa shape index (κ1) is 24.7. The first-order chi connectivity index (χ1) is 15.4. The lowest BCUT2D eigenvalue weighted by atomic mass is 9.75. The molecule has 5 heteroatoms. The van der Waals surface area contributed by atoms with Crippen molar-refractivity contribution in [2.75, 3.05) is 6.61 Å². The maximum absolute atomic E-state index is 9.35. The van der Waals surface area contributed by atoms with Gasteiger partial charge in [0.25, 0.3) is 0 Å². The molecular formula is C27H32N4O. The molecule has 1 aliphatic heterocycles. The molecule has 0 bridgehead atoms. The van der Waals surface area contributed by atoms with Gasteiger partial charge < -0.3 is 10.1 Å². The number of allylic oxidation sites excluding steroid dienone is 5. The number of hydrogen-bond acceptors (Lipinski definition) is 5. The molecule has 1 N–H and O–H groups in total. The fraction of sp³-hybridized carbons (Fsp3) is 0.370. The molecule has 0 amide bonds. The smallest absolute Gasteiger partial charge is 0.219 e. The average molecular weight is 429 g/mol. The van der Waals surface area contributed by atoms with E-state index in [1.165, 1.54) is 0 Å². The lowest BCUT2D eigenvalue weighted by Crippen LogP contribution is -2.30. The van der Waals surface area contributed by atoms with E-state index in [-0.39, 0.29) is 5.92 Å². The maximum Gasteiger partial charge on any atom is 0.219 e. The van der Waals surface area contributed by atoms with Crippen LogP contribution in [0.5, 0.6) is 0 Å². The van der Waals surface area contributed by atoms with E-state index >= 15 is 0 Å². The van der Waals surface area contributed by atoms with Gasteiger partial charge in [-0.2, -0.15) is 10.5 Å². The number of nitrogens with one attached hydrogen (secondary N) is 1. The van der Waals surface area contributed by atoms with Gasteiger partial charge in [-0.1, -0.05) is 18.7 Å². The monoisotopic (exact) mass is 428 g/mol. The molecule has 1 atom stereocenters. The standard InChI is InChI=1S/C27H32N4O/c1-7-15-30-27(32-8-2)25-21(6)31-20(5)24(18(3)11-9-10-14-28)26(25)23-13-12-22(17-29)16-19(23)4/h7,12-13,15-16,26,31H,3,8-11H2,1-2,4-6H3/b15-7+,30-27+. The molecule has 166 valence electrons. The minimum Gasteiger partial charge on any atom is -0.478 e. The molecule has 5 nitrogen and oxygen atoms in total. The molecule has 0 saturated heterocycles. The van der Waals surface area contributed by atoms with Crippen LogP contribution in [0.15, 0.2) is 70.2 Å². The second-order valence-corrected chi connectivity index (χ2v) is 7.78. The molecule has 1 aromatic carbocycles. The summed E-state index contributed by atoms with van der Waals surface area (Å²) >= 11 is 0. The Labute approximate surface area is 192 Å². The van der Waals surface area contributed by atoms with Crippen LogP contribution in [-0.4, -0.2) is 12.5 Å². The molecule has 1 heterocycles. The van der Waals surface area contributed by atoms with Crippen LogP contribution < -0.4 is 5.32 Å². The molecule has 32 heavy (non-hydrogen) atoms. The summed E-state index contributed by atoms with van der Waals surface area (Å²) in [5.74, 6) is 0.424. The highest BCUT2D eigenvalue weighted by atomic mass is 16.5. The Morgan fingerprint density at radius 1 is 1.22 bits per heavy atom. The van der Waals surface area contributed by atoms with Gasteiger partial charge >= 0.3 is 0 Å². The summed E-state index contributed by atoms with van der Waals surface area (Å²) in [5.41, 5.74) is 7.78. The minimum atomic E-state index is -0.144. The van der Waals surface area contributed by atoms with Gasteiger partial charge in [0.15, 0.2) is 0 Å². The van der Waals surface area contributed by atoms with Gasteiger partial charge in [-0.05, 0) is 81.9 Å². The Bertz CT molecular complexity index is 1070. The summed E-state index contributed by atoms with van der Waals surface area (Å²) in [6.45, 7) is 14.9. The number of nitriles is 2. The van der Waals surface area contributed by atoms with Gasteiger partial charge in [-0.15, -0.1) is 0 Å². The molecule has 0 fully saturated rings. The molecule has 2 rings (SSSR count). The van der Waals surface area contributed by atoms with E-state index in [0.717, 1.165) is 52.1 Å². The SMILES string of the molecule is C=C(CCCC#N)C1=C(C)NC(C)=C(/C(=N\C=C\C)OCC)C1c1ccc(C#N)cc1C. The molecule has 1 aliphatic rings. The van der Waals surface area contributed by atoms with Crippen LogP contribution in [0.4, 0.5) is 0 Å². The number of nitrogens with zero attached hydrogens (tertiary/aromatic N) is 3. The lowest BCUT2D eigenvalue weighted by molar-refractivity contribution is 0.325. The topological polar surface area (TPSA) is 81.2 Å². The zero-order valence-corrected chi connectivity index (χ0v) is 19.7. The summed E-state index contributed by atoms with van der Waals surface area (Å²) < 4.78 is 6.01. The highest BCUT2D eigenvalue weighted by Crippen LogP contribution is 2.44. The lowest BCUT2D eigenvalue weighted by Gasteiger charge is -2.34. The molecule has 0 aromatic heterocycles. The maximum atomic E-state index is 9.35. The summed E-state index contributed by atoms with van der Waals surface area (Å²) in [5, 5.41) is 21.8. The Balaban J connectivity index is 2.74. The van der Waals surface area contributed by atoms with Crippen molar-refractivity contribution in [2.24, 2.45) is 4.99 Å². The predicted octanol–water partition coefficient (Wildman–Crippen LogP) is 6.32.